The number of halogens is 1. The summed E-state index contributed by atoms with van der Waals surface area (Å²) in [5.74, 6) is -0.797. The van der Waals surface area contributed by atoms with Gasteiger partial charge < -0.3 is 19.5 Å². The molecule has 0 bridgehead atoms. The van der Waals surface area contributed by atoms with Crippen LogP contribution in [0, 0.1) is 5.82 Å². The highest BCUT2D eigenvalue weighted by molar-refractivity contribution is 6.02. The highest BCUT2D eigenvalue weighted by Crippen LogP contribution is 2.29. The summed E-state index contributed by atoms with van der Waals surface area (Å²) in [7, 11) is 3.87. The van der Waals surface area contributed by atoms with Crippen molar-refractivity contribution in [2.45, 2.75) is 32.4 Å². The van der Waals surface area contributed by atoms with E-state index < -0.39 is 0 Å². The summed E-state index contributed by atoms with van der Waals surface area (Å²) in [5, 5.41) is 2.87. The summed E-state index contributed by atoms with van der Waals surface area (Å²) < 4.78 is 18.8. The predicted octanol–water partition coefficient (Wildman–Crippen LogP) is 6.46. The van der Waals surface area contributed by atoms with Crippen molar-refractivity contribution in [3.05, 3.63) is 119 Å². The van der Waals surface area contributed by atoms with Crippen LogP contribution in [0.5, 0.6) is 0 Å². The molecule has 1 heterocycles. The fraction of sp³-hybridized carbons (Fsp3) is 0.226. The number of hydrogen-bond donors (Lipinski definition) is 1. The fourth-order valence-electron chi connectivity index (χ4n) is 4.51. The van der Waals surface area contributed by atoms with Crippen molar-refractivity contribution in [1.82, 2.24) is 4.90 Å². The van der Waals surface area contributed by atoms with E-state index in [1.807, 2.05) is 74.4 Å². The van der Waals surface area contributed by atoms with E-state index in [0.717, 1.165) is 22.4 Å². The van der Waals surface area contributed by atoms with Gasteiger partial charge in [0.1, 0.15) is 5.82 Å². The first-order valence-electron chi connectivity index (χ1n) is 12.6. The van der Waals surface area contributed by atoms with Crippen LogP contribution in [-0.4, -0.2) is 30.8 Å². The molecule has 38 heavy (non-hydrogen) atoms. The second-order valence-corrected chi connectivity index (χ2v) is 9.36. The molecule has 3 aromatic carbocycles. The van der Waals surface area contributed by atoms with Crippen LogP contribution in [0.4, 0.5) is 15.8 Å². The van der Waals surface area contributed by atoms with Crippen LogP contribution in [-0.2, 0) is 17.9 Å². The Kier molecular flexibility index (Phi) is 8.58. The van der Waals surface area contributed by atoms with Crippen LogP contribution in [0.15, 0.2) is 95.6 Å². The lowest BCUT2D eigenvalue weighted by molar-refractivity contribution is -0.134. The molecule has 196 valence electrons. The van der Waals surface area contributed by atoms with Crippen molar-refractivity contribution in [2.75, 3.05) is 24.3 Å². The van der Waals surface area contributed by atoms with Gasteiger partial charge in [-0.15, -0.1) is 0 Å². The smallest absolute Gasteiger partial charge is 0.291 e. The number of nitrogens with zero attached hydrogens (tertiary/aromatic N) is 2. The molecule has 0 aliphatic heterocycles. The standard InChI is InChI=1S/C31H32FN3O3/c1-4-27(23-9-6-5-7-10-23)31(37)35(20-22-12-14-25(32)15-13-22)21-24-19-26(16-17-28(24)34(2)3)33-30(36)29-11-8-18-38-29/h5-19,27H,4,20-21H2,1-3H3,(H,33,36)/t27-/m1/s1. The predicted molar refractivity (Wildman–Crippen MR) is 148 cm³/mol. The third-order valence-corrected chi connectivity index (χ3v) is 6.43. The first kappa shape index (κ1) is 26.7. The molecule has 0 saturated heterocycles. The van der Waals surface area contributed by atoms with Gasteiger partial charge in [0.15, 0.2) is 5.76 Å². The number of benzene rings is 3. The molecule has 0 spiro atoms. The van der Waals surface area contributed by atoms with E-state index in [0.29, 0.717) is 25.2 Å². The van der Waals surface area contributed by atoms with Gasteiger partial charge in [-0.25, -0.2) is 4.39 Å². The highest BCUT2D eigenvalue weighted by Gasteiger charge is 2.26. The van der Waals surface area contributed by atoms with Gasteiger partial charge in [0, 0.05) is 38.6 Å². The van der Waals surface area contributed by atoms with Crippen molar-refractivity contribution in [1.29, 1.82) is 0 Å². The number of anilines is 2. The van der Waals surface area contributed by atoms with Crippen LogP contribution < -0.4 is 10.2 Å². The third-order valence-electron chi connectivity index (χ3n) is 6.43. The summed E-state index contributed by atoms with van der Waals surface area (Å²) in [5.41, 5.74) is 4.17. The van der Waals surface area contributed by atoms with Gasteiger partial charge in [-0.2, -0.15) is 0 Å². The second kappa shape index (κ2) is 12.2. The van der Waals surface area contributed by atoms with E-state index in [4.69, 9.17) is 4.42 Å². The largest absolute Gasteiger partial charge is 0.459 e. The van der Waals surface area contributed by atoms with Crippen molar-refractivity contribution in [3.8, 4) is 0 Å². The molecule has 2 amide bonds. The normalized spacial score (nSPS) is 11.6. The Labute approximate surface area is 222 Å². The van der Waals surface area contributed by atoms with Crippen LogP contribution in [0.2, 0.25) is 0 Å². The monoisotopic (exact) mass is 513 g/mol. The summed E-state index contributed by atoms with van der Waals surface area (Å²) in [4.78, 5) is 30.4. The van der Waals surface area contributed by atoms with E-state index in [1.54, 1.807) is 29.2 Å². The van der Waals surface area contributed by atoms with E-state index in [1.165, 1.54) is 18.4 Å². The lowest BCUT2D eigenvalue weighted by Crippen LogP contribution is -2.34. The Morgan fingerprint density at radius 1 is 0.921 bits per heavy atom. The van der Waals surface area contributed by atoms with Crippen LogP contribution in [0.25, 0.3) is 0 Å². The molecular weight excluding hydrogens is 481 g/mol. The van der Waals surface area contributed by atoms with E-state index in [-0.39, 0.29) is 29.3 Å². The quantitative estimate of drug-likeness (QED) is 0.264. The number of amides is 2. The van der Waals surface area contributed by atoms with E-state index in [2.05, 4.69) is 5.32 Å². The molecule has 1 N–H and O–H groups in total. The molecule has 1 atom stereocenters. The van der Waals surface area contributed by atoms with Crippen LogP contribution >= 0.6 is 0 Å². The number of rotatable bonds is 10. The van der Waals surface area contributed by atoms with Crippen LogP contribution in [0.3, 0.4) is 0 Å². The number of carbonyl (C=O) groups excluding carboxylic acids is 2. The minimum Gasteiger partial charge on any atom is -0.459 e. The maximum Gasteiger partial charge on any atom is 0.291 e. The van der Waals surface area contributed by atoms with Gasteiger partial charge in [-0.05, 0) is 65.6 Å². The number of hydrogen-bond acceptors (Lipinski definition) is 4. The number of furan rings is 1. The first-order valence-corrected chi connectivity index (χ1v) is 12.6. The Balaban J connectivity index is 1.68. The number of carbonyl (C=O) groups is 2. The molecule has 4 aromatic rings. The van der Waals surface area contributed by atoms with Gasteiger partial charge in [0.2, 0.25) is 5.91 Å². The molecule has 0 fully saturated rings. The molecule has 7 heteroatoms. The highest BCUT2D eigenvalue weighted by atomic mass is 19.1. The third kappa shape index (κ3) is 6.48. The molecule has 0 unspecified atom stereocenters. The second-order valence-electron chi connectivity index (χ2n) is 9.36. The first-order chi connectivity index (χ1) is 18.4. The lowest BCUT2D eigenvalue weighted by atomic mass is 9.94. The molecule has 6 nitrogen and oxygen atoms in total. The van der Waals surface area contributed by atoms with E-state index >= 15 is 0 Å². The Morgan fingerprint density at radius 3 is 2.29 bits per heavy atom. The Morgan fingerprint density at radius 2 is 1.66 bits per heavy atom. The Hall–Kier alpha value is -4.39. The van der Waals surface area contributed by atoms with E-state index in [9.17, 15) is 14.0 Å². The topological polar surface area (TPSA) is 65.8 Å². The van der Waals surface area contributed by atoms with Crippen molar-refractivity contribution in [2.24, 2.45) is 0 Å². The average molecular weight is 514 g/mol. The van der Waals surface area contributed by atoms with Crippen molar-refractivity contribution >= 4 is 23.2 Å². The minimum atomic E-state index is -0.354. The van der Waals surface area contributed by atoms with Gasteiger partial charge in [-0.1, -0.05) is 49.4 Å². The van der Waals surface area contributed by atoms with Gasteiger partial charge >= 0.3 is 0 Å². The van der Waals surface area contributed by atoms with Gasteiger partial charge in [0.25, 0.3) is 5.91 Å². The lowest BCUT2D eigenvalue weighted by Gasteiger charge is -2.29. The summed E-state index contributed by atoms with van der Waals surface area (Å²) >= 11 is 0. The molecule has 0 aliphatic rings. The SMILES string of the molecule is CC[C@@H](C(=O)N(Cc1ccc(F)cc1)Cc1cc(NC(=O)c2ccco2)ccc1N(C)C)c1ccccc1. The zero-order valence-corrected chi connectivity index (χ0v) is 21.9. The minimum absolute atomic E-state index is 0.0160. The van der Waals surface area contributed by atoms with Crippen molar-refractivity contribution in [3.63, 3.8) is 0 Å². The number of nitrogens with one attached hydrogen (secondary N) is 1. The summed E-state index contributed by atoms with van der Waals surface area (Å²) in [6, 6.07) is 24.8. The van der Waals surface area contributed by atoms with Gasteiger partial charge in [0.05, 0.1) is 12.2 Å². The molecular formula is C31H32FN3O3. The molecule has 4 rings (SSSR count). The molecule has 0 saturated carbocycles. The Bertz CT molecular complexity index is 1350. The zero-order chi connectivity index (χ0) is 27.1. The van der Waals surface area contributed by atoms with Crippen LogP contribution in [0.1, 0.15) is 46.5 Å². The maximum atomic E-state index is 14.0. The van der Waals surface area contributed by atoms with Gasteiger partial charge in [-0.3, -0.25) is 9.59 Å². The summed E-state index contributed by atoms with van der Waals surface area (Å²) in [6.45, 7) is 2.62. The molecule has 0 radical (unpaired) electrons. The fourth-order valence-corrected chi connectivity index (χ4v) is 4.51. The summed E-state index contributed by atoms with van der Waals surface area (Å²) in [6.07, 6.45) is 2.09. The molecule has 1 aromatic heterocycles. The zero-order valence-electron chi connectivity index (χ0n) is 21.9. The maximum absolute atomic E-state index is 14.0. The molecule has 0 aliphatic carbocycles. The van der Waals surface area contributed by atoms with Crippen molar-refractivity contribution < 1.29 is 18.4 Å². The average Bonchev–Trinajstić information content (AvgIpc) is 3.46.